The number of hydrogen-bond donors (Lipinski definition) is 2. The van der Waals surface area contributed by atoms with Crippen molar-refractivity contribution in [1.29, 1.82) is 0 Å². The first-order valence-electron chi connectivity index (χ1n) is 4.37. The average Bonchev–Trinajstić information content (AvgIpc) is 1.99. The van der Waals surface area contributed by atoms with Gasteiger partial charge in [0, 0.05) is 6.42 Å². The molecule has 0 fully saturated rings. The van der Waals surface area contributed by atoms with Crippen LogP contribution in [0.3, 0.4) is 0 Å². The van der Waals surface area contributed by atoms with Crippen molar-refractivity contribution in [3.8, 4) is 0 Å². The van der Waals surface area contributed by atoms with E-state index in [0.717, 1.165) is 6.42 Å². The van der Waals surface area contributed by atoms with Crippen LogP contribution in [0.5, 0.6) is 0 Å². The van der Waals surface area contributed by atoms with Gasteiger partial charge >= 0.3 is 5.97 Å². The molecule has 0 saturated carbocycles. The van der Waals surface area contributed by atoms with E-state index in [1.165, 1.54) is 6.92 Å². The molecular weight excluding hydrogens is 172 g/mol. The van der Waals surface area contributed by atoms with Gasteiger partial charge in [0.25, 0.3) is 0 Å². The topological polar surface area (TPSA) is 74.6 Å². The maximum Gasteiger partial charge on any atom is 0.336 e. The van der Waals surface area contributed by atoms with Crippen molar-refractivity contribution < 1.29 is 19.8 Å². The Morgan fingerprint density at radius 2 is 1.92 bits per heavy atom. The normalized spacial score (nSPS) is 15.0. The summed E-state index contributed by atoms with van der Waals surface area (Å²) in [7, 11) is 0. The highest BCUT2D eigenvalue weighted by molar-refractivity contribution is 5.86. The number of carbonyl (C=O) groups is 2. The van der Waals surface area contributed by atoms with Crippen LogP contribution in [-0.4, -0.2) is 27.6 Å². The van der Waals surface area contributed by atoms with Crippen LogP contribution >= 0.6 is 0 Å². The molecule has 2 N–H and O–H groups in total. The highest BCUT2D eigenvalue weighted by Gasteiger charge is 2.36. The van der Waals surface area contributed by atoms with E-state index in [4.69, 9.17) is 5.11 Å². The zero-order chi connectivity index (χ0) is 10.5. The molecule has 0 heterocycles. The number of carboxylic acids is 1. The van der Waals surface area contributed by atoms with Crippen molar-refractivity contribution in [1.82, 2.24) is 0 Å². The Labute approximate surface area is 77.6 Å². The van der Waals surface area contributed by atoms with Crippen molar-refractivity contribution in [2.24, 2.45) is 0 Å². The largest absolute Gasteiger partial charge is 0.479 e. The molecule has 4 heteroatoms. The molecule has 1 unspecified atom stereocenters. The number of rotatable bonds is 6. The van der Waals surface area contributed by atoms with Gasteiger partial charge in [-0.15, -0.1) is 0 Å². The lowest BCUT2D eigenvalue weighted by Crippen LogP contribution is -2.40. The molecular formula is C9H16O4. The summed E-state index contributed by atoms with van der Waals surface area (Å²) < 4.78 is 0. The number of hydrogen-bond acceptors (Lipinski definition) is 3. The third-order valence-electron chi connectivity index (χ3n) is 1.88. The summed E-state index contributed by atoms with van der Waals surface area (Å²) in [6, 6.07) is 0. The maximum atomic E-state index is 10.7. The van der Waals surface area contributed by atoms with Crippen molar-refractivity contribution in [2.75, 3.05) is 0 Å². The van der Waals surface area contributed by atoms with E-state index in [-0.39, 0.29) is 18.6 Å². The summed E-state index contributed by atoms with van der Waals surface area (Å²) in [5, 5.41) is 18.3. The van der Waals surface area contributed by atoms with Gasteiger partial charge in [-0.1, -0.05) is 19.8 Å². The molecule has 0 spiro atoms. The van der Waals surface area contributed by atoms with Gasteiger partial charge in [0.2, 0.25) is 0 Å². The van der Waals surface area contributed by atoms with E-state index in [2.05, 4.69) is 0 Å². The molecule has 0 saturated heterocycles. The van der Waals surface area contributed by atoms with Crippen LogP contribution in [-0.2, 0) is 9.59 Å². The molecule has 0 aliphatic heterocycles. The van der Waals surface area contributed by atoms with Gasteiger partial charge in [0.1, 0.15) is 5.78 Å². The number of carboxylic acid groups (broad SMARTS) is 1. The van der Waals surface area contributed by atoms with Gasteiger partial charge in [-0.05, 0) is 13.3 Å². The minimum Gasteiger partial charge on any atom is -0.479 e. The van der Waals surface area contributed by atoms with Gasteiger partial charge < -0.3 is 10.2 Å². The van der Waals surface area contributed by atoms with Gasteiger partial charge in [-0.3, -0.25) is 4.79 Å². The lowest BCUT2D eigenvalue weighted by molar-refractivity contribution is -0.162. The summed E-state index contributed by atoms with van der Waals surface area (Å²) in [6.07, 6.45) is 1.24. The third kappa shape index (κ3) is 4.03. The molecule has 0 aromatic rings. The van der Waals surface area contributed by atoms with Crippen molar-refractivity contribution in [2.45, 2.75) is 45.1 Å². The van der Waals surface area contributed by atoms with E-state index >= 15 is 0 Å². The number of unbranched alkanes of at least 4 members (excludes halogenated alkanes) is 1. The second kappa shape index (κ2) is 4.97. The molecule has 0 aliphatic carbocycles. The monoisotopic (exact) mass is 188 g/mol. The van der Waals surface area contributed by atoms with Gasteiger partial charge in [0.15, 0.2) is 5.60 Å². The molecule has 0 aliphatic rings. The third-order valence-corrected chi connectivity index (χ3v) is 1.88. The van der Waals surface area contributed by atoms with Crippen LogP contribution in [0.4, 0.5) is 0 Å². The van der Waals surface area contributed by atoms with Crippen LogP contribution in [0.2, 0.25) is 0 Å². The van der Waals surface area contributed by atoms with E-state index in [9.17, 15) is 14.7 Å². The fraction of sp³-hybridized carbons (Fsp3) is 0.778. The molecule has 0 bridgehead atoms. The number of carbonyl (C=O) groups excluding carboxylic acids is 1. The Hall–Kier alpha value is -0.900. The Kier molecular flexibility index (Phi) is 4.62. The molecule has 0 amide bonds. The minimum atomic E-state index is -1.86. The highest BCUT2D eigenvalue weighted by atomic mass is 16.4. The van der Waals surface area contributed by atoms with Gasteiger partial charge in [-0.25, -0.2) is 4.79 Å². The van der Waals surface area contributed by atoms with Gasteiger partial charge in [-0.2, -0.15) is 0 Å². The Bertz CT molecular complexity index is 200. The zero-order valence-electron chi connectivity index (χ0n) is 8.04. The fourth-order valence-electron chi connectivity index (χ4n) is 1.15. The smallest absolute Gasteiger partial charge is 0.336 e. The van der Waals surface area contributed by atoms with Crippen molar-refractivity contribution in [3.05, 3.63) is 0 Å². The Balaban J connectivity index is 4.34. The Morgan fingerprint density at radius 3 is 2.23 bits per heavy atom. The summed E-state index contributed by atoms with van der Waals surface area (Å²) in [6.45, 7) is 3.18. The van der Waals surface area contributed by atoms with E-state index in [1.54, 1.807) is 0 Å². The summed E-state index contributed by atoms with van der Waals surface area (Å²) >= 11 is 0. The molecule has 13 heavy (non-hydrogen) atoms. The highest BCUT2D eigenvalue weighted by Crippen LogP contribution is 2.19. The SMILES string of the molecule is CCCCC(O)(CC(C)=O)C(=O)O. The first-order valence-corrected chi connectivity index (χ1v) is 4.37. The first-order chi connectivity index (χ1) is 5.92. The molecule has 0 radical (unpaired) electrons. The quantitative estimate of drug-likeness (QED) is 0.651. The fourth-order valence-corrected chi connectivity index (χ4v) is 1.15. The average molecular weight is 188 g/mol. The predicted octanol–water partition coefficient (Wildman–Crippen LogP) is 0.971. The molecule has 1 atom stereocenters. The minimum absolute atomic E-state index is 0.137. The standard InChI is InChI=1S/C9H16O4/c1-3-4-5-9(13,8(11)12)6-7(2)10/h13H,3-6H2,1-2H3,(H,11,12). The lowest BCUT2D eigenvalue weighted by atomic mass is 9.91. The maximum absolute atomic E-state index is 10.7. The summed E-state index contributed by atoms with van der Waals surface area (Å²) in [5.41, 5.74) is -1.86. The second-order valence-corrected chi connectivity index (χ2v) is 3.32. The van der Waals surface area contributed by atoms with E-state index < -0.39 is 11.6 Å². The zero-order valence-corrected chi connectivity index (χ0v) is 8.04. The number of ketones is 1. The molecule has 0 aromatic heterocycles. The van der Waals surface area contributed by atoms with Crippen molar-refractivity contribution in [3.63, 3.8) is 0 Å². The van der Waals surface area contributed by atoms with Crippen LogP contribution < -0.4 is 0 Å². The predicted molar refractivity (Wildman–Crippen MR) is 47.4 cm³/mol. The lowest BCUT2D eigenvalue weighted by Gasteiger charge is -2.21. The molecule has 4 nitrogen and oxygen atoms in total. The van der Waals surface area contributed by atoms with E-state index in [1.807, 2.05) is 6.92 Å². The number of Topliss-reactive ketones (excluding diaryl/α,β-unsaturated/α-hetero) is 1. The van der Waals surface area contributed by atoms with Crippen LogP contribution in [0.25, 0.3) is 0 Å². The second-order valence-electron chi connectivity index (χ2n) is 3.32. The summed E-state index contributed by atoms with van der Waals surface area (Å²) in [4.78, 5) is 21.4. The van der Waals surface area contributed by atoms with Crippen LogP contribution in [0.15, 0.2) is 0 Å². The van der Waals surface area contributed by atoms with Gasteiger partial charge in [0.05, 0.1) is 0 Å². The molecule has 0 aromatic carbocycles. The summed E-state index contributed by atoms with van der Waals surface area (Å²) in [5.74, 6) is -1.61. The molecule has 76 valence electrons. The van der Waals surface area contributed by atoms with Crippen LogP contribution in [0.1, 0.15) is 39.5 Å². The van der Waals surface area contributed by atoms with E-state index in [0.29, 0.717) is 6.42 Å². The Morgan fingerprint density at radius 1 is 1.38 bits per heavy atom. The van der Waals surface area contributed by atoms with Crippen molar-refractivity contribution >= 4 is 11.8 Å². The van der Waals surface area contributed by atoms with Crippen LogP contribution in [0, 0.1) is 0 Å². The molecule has 0 rings (SSSR count). The first kappa shape index (κ1) is 12.1. The number of aliphatic carboxylic acids is 1. The number of aliphatic hydroxyl groups is 1.